The second kappa shape index (κ2) is 16.0. The number of hydrogen-bond acceptors (Lipinski definition) is 9. The summed E-state index contributed by atoms with van der Waals surface area (Å²) in [6.07, 6.45) is 3.18. The fourth-order valence-electron chi connectivity index (χ4n) is 6.36. The fraction of sp³-hybridized carbons (Fsp3) is 0.359. The molecule has 266 valence electrons. The molecule has 3 heterocycles. The van der Waals surface area contributed by atoms with Crippen LogP contribution in [0, 0.1) is 0 Å². The van der Waals surface area contributed by atoms with Gasteiger partial charge < -0.3 is 24.0 Å². The quantitative estimate of drug-likeness (QED) is 0.190. The van der Waals surface area contributed by atoms with E-state index in [1.807, 2.05) is 48.2 Å². The van der Waals surface area contributed by atoms with Gasteiger partial charge in [0.1, 0.15) is 35.5 Å². The Balaban J connectivity index is 1.23. The number of hydrogen-bond donors (Lipinski definition) is 0. The number of Topliss-reactive ketones (excluding diaryl/α,β-unsaturated/α-hetero) is 1. The predicted molar refractivity (Wildman–Crippen MR) is 195 cm³/mol. The summed E-state index contributed by atoms with van der Waals surface area (Å²) in [5.74, 6) is 2.52. The maximum absolute atomic E-state index is 14.3. The van der Waals surface area contributed by atoms with Crippen LogP contribution in [0.4, 0.5) is 22.0 Å². The molecule has 3 aromatic carbocycles. The Bertz CT molecular complexity index is 1840. The number of ketones is 1. The topological polar surface area (TPSA) is 118 Å². The monoisotopic (exact) mass is 692 g/mol. The molecular formula is C39H44N6O6. The van der Waals surface area contributed by atoms with Crippen molar-refractivity contribution < 1.29 is 28.6 Å². The van der Waals surface area contributed by atoms with Crippen molar-refractivity contribution >= 4 is 34.9 Å². The van der Waals surface area contributed by atoms with E-state index < -0.39 is 0 Å². The van der Waals surface area contributed by atoms with Crippen molar-refractivity contribution in [2.24, 2.45) is 0 Å². The molecule has 0 aliphatic carbocycles. The molecule has 0 N–H and O–H groups in total. The van der Waals surface area contributed by atoms with Crippen LogP contribution in [0.15, 0.2) is 72.9 Å². The first-order chi connectivity index (χ1) is 24.8. The van der Waals surface area contributed by atoms with E-state index in [-0.39, 0.29) is 37.4 Å². The first kappa shape index (κ1) is 35.3. The number of piperazine rings is 1. The molecule has 12 nitrogen and oxygen atoms in total. The molecule has 3 amide bonds. The van der Waals surface area contributed by atoms with Gasteiger partial charge in [-0.2, -0.15) is 0 Å². The van der Waals surface area contributed by atoms with Crippen LogP contribution in [0.1, 0.15) is 41.4 Å². The number of carbonyl (C=O) groups excluding carboxylic acids is 3. The third-order valence-electron chi connectivity index (χ3n) is 9.31. The summed E-state index contributed by atoms with van der Waals surface area (Å²) in [7, 11) is 4.69. The van der Waals surface area contributed by atoms with Gasteiger partial charge in [-0.1, -0.05) is 43.3 Å². The molecule has 2 aliphatic heterocycles. The second-order valence-electron chi connectivity index (χ2n) is 12.7. The number of rotatable bonds is 13. The third kappa shape index (κ3) is 8.29. The lowest BCUT2D eigenvalue weighted by Crippen LogP contribution is -2.49. The van der Waals surface area contributed by atoms with Gasteiger partial charge in [0.2, 0.25) is 5.91 Å². The van der Waals surface area contributed by atoms with E-state index in [1.165, 1.54) is 7.11 Å². The average Bonchev–Trinajstić information content (AvgIpc) is 3.16. The molecule has 0 radical (unpaired) electrons. The number of anilines is 3. The van der Waals surface area contributed by atoms with Crippen molar-refractivity contribution in [2.75, 3.05) is 68.8 Å². The van der Waals surface area contributed by atoms with Gasteiger partial charge in [-0.3, -0.25) is 19.4 Å². The van der Waals surface area contributed by atoms with Crippen molar-refractivity contribution in [1.82, 2.24) is 14.9 Å². The number of methoxy groups -OCH3 is 3. The van der Waals surface area contributed by atoms with Gasteiger partial charge in [0, 0.05) is 88.2 Å². The average molecular weight is 693 g/mol. The highest BCUT2D eigenvalue weighted by Crippen LogP contribution is 2.35. The van der Waals surface area contributed by atoms with Gasteiger partial charge >= 0.3 is 6.03 Å². The van der Waals surface area contributed by atoms with Gasteiger partial charge in [0.15, 0.2) is 0 Å². The molecule has 0 atom stereocenters. The number of amides is 3. The predicted octanol–water partition coefficient (Wildman–Crippen LogP) is 5.05. The summed E-state index contributed by atoms with van der Waals surface area (Å²) in [4.78, 5) is 55.7. The van der Waals surface area contributed by atoms with E-state index in [4.69, 9.17) is 24.2 Å². The normalized spacial score (nSPS) is 14.4. The highest BCUT2D eigenvalue weighted by Gasteiger charge is 2.34. The molecule has 0 spiro atoms. The van der Waals surface area contributed by atoms with Crippen LogP contribution < -0.4 is 24.2 Å². The number of fused-ring (bicyclic) bond motifs is 1. The van der Waals surface area contributed by atoms with E-state index >= 15 is 0 Å². The van der Waals surface area contributed by atoms with Crippen molar-refractivity contribution in [2.45, 2.75) is 39.3 Å². The molecule has 1 aromatic heterocycles. The molecule has 0 bridgehead atoms. The smallest absolute Gasteiger partial charge is 0.330 e. The number of aromatic nitrogens is 2. The molecule has 0 unspecified atom stereocenters. The summed E-state index contributed by atoms with van der Waals surface area (Å²) in [5, 5.41) is 0. The SMILES string of the molecule is CCC(=O)Cc1ccc(CN2C(=O)N(c3cc(OC)cc(OC)c3)Cc3cnc(Cc4ccc(N5CCN(C(=O)COC)CC5)cc4)nc32)cc1. The number of carbonyl (C=O) groups is 3. The molecule has 0 saturated carbocycles. The maximum Gasteiger partial charge on any atom is 0.330 e. The number of benzene rings is 3. The minimum absolute atomic E-state index is 0.0176. The number of nitrogens with zero attached hydrogens (tertiary/aromatic N) is 6. The summed E-state index contributed by atoms with van der Waals surface area (Å²) in [6.45, 7) is 5.36. The van der Waals surface area contributed by atoms with Crippen molar-refractivity contribution in [3.8, 4) is 11.5 Å². The van der Waals surface area contributed by atoms with E-state index in [0.717, 1.165) is 41.0 Å². The summed E-state index contributed by atoms with van der Waals surface area (Å²) >= 11 is 0. The molecule has 1 saturated heterocycles. The lowest BCUT2D eigenvalue weighted by molar-refractivity contribution is -0.135. The van der Waals surface area contributed by atoms with Crippen LogP contribution in [0.2, 0.25) is 0 Å². The number of ether oxygens (including phenoxy) is 3. The third-order valence-corrected chi connectivity index (χ3v) is 9.31. The van der Waals surface area contributed by atoms with Gasteiger partial charge in [0.25, 0.3) is 0 Å². The standard InChI is InChI=1S/C39H44N6O6/c1-5-33(46)18-27-6-8-29(9-7-27)24-45-38-30(25-44(39(45)48)32-20-34(50-3)22-35(21-32)51-4)23-40-36(41-38)19-28-10-12-31(13-11-28)42-14-16-43(17-15-42)37(47)26-49-2/h6-13,20-23H,5,14-19,24-26H2,1-4H3. The van der Waals surface area contributed by atoms with Crippen molar-refractivity contribution in [3.63, 3.8) is 0 Å². The first-order valence-corrected chi connectivity index (χ1v) is 17.2. The zero-order valence-corrected chi connectivity index (χ0v) is 29.6. The molecule has 6 rings (SSSR count). The Hall–Kier alpha value is -5.49. The van der Waals surface area contributed by atoms with Gasteiger partial charge in [0.05, 0.1) is 33.0 Å². The van der Waals surface area contributed by atoms with Crippen molar-refractivity contribution in [3.05, 3.63) is 101 Å². The number of urea groups is 1. The van der Waals surface area contributed by atoms with Crippen LogP contribution in [-0.2, 0) is 40.3 Å². The Labute approximate surface area is 298 Å². The Morgan fingerprint density at radius 3 is 2.08 bits per heavy atom. The zero-order valence-electron chi connectivity index (χ0n) is 29.6. The molecular weight excluding hydrogens is 648 g/mol. The Morgan fingerprint density at radius 2 is 1.45 bits per heavy atom. The van der Waals surface area contributed by atoms with Crippen molar-refractivity contribution in [1.29, 1.82) is 0 Å². The molecule has 2 aliphatic rings. The summed E-state index contributed by atoms with van der Waals surface area (Å²) < 4.78 is 16.0. The van der Waals surface area contributed by atoms with E-state index in [0.29, 0.717) is 61.2 Å². The van der Waals surface area contributed by atoms with E-state index in [1.54, 1.807) is 36.3 Å². The largest absolute Gasteiger partial charge is 0.497 e. The first-order valence-electron chi connectivity index (χ1n) is 17.2. The fourth-order valence-corrected chi connectivity index (χ4v) is 6.36. The lowest BCUT2D eigenvalue weighted by atomic mass is 10.0. The minimum atomic E-state index is -0.235. The van der Waals surface area contributed by atoms with Gasteiger partial charge in [-0.15, -0.1) is 0 Å². The van der Waals surface area contributed by atoms with Gasteiger partial charge in [-0.25, -0.2) is 14.8 Å². The van der Waals surface area contributed by atoms with Crippen LogP contribution in [0.5, 0.6) is 11.5 Å². The molecule has 4 aromatic rings. The molecule has 1 fully saturated rings. The van der Waals surface area contributed by atoms with Crippen LogP contribution in [0.25, 0.3) is 0 Å². The molecule has 51 heavy (non-hydrogen) atoms. The van der Waals surface area contributed by atoms with Crippen LogP contribution in [-0.4, -0.2) is 86.7 Å². The van der Waals surface area contributed by atoms with Crippen LogP contribution in [0.3, 0.4) is 0 Å². The Morgan fingerprint density at radius 1 is 0.804 bits per heavy atom. The lowest BCUT2D eigenvalue weighted by Gasteiger charge is -2.36. The maximum atomic E-state index is 14.3. The zero-order chi connectivity index (χ0) is 35.9. The minimum Gasteiger partial charge on any atom is -0.497 e. The summed E-state index contributed by atoms with van der Waals surface area (Å²) in [6, 6.07) is 21.3. The highest BCUT2D eigenvalue weighted by molar-refractivity contribution is 6.05. The van der Waals surface area contributed by atoms with E-state index in [9.17, 15) is 14.4 Å². The Kier molecular flexibility index (Phi) is 11.1. The van der Waals surface area contributed by atoms with E-state index in [2.05, 4.69) is 29.2 Å². The highest BCUT2D eigenvalue weighted by atomic mass is 16.5. The van der Waals surface area contributed by atoms with Crippen LogP contribution >= 0.6 is 0 Å². The summed E-state index contributed by atoms with van der Waals surface area (Å²) in [5.41, 5.74) is 5.43. The van der Waals surface area contributed by atoms with Gasteiger partial charge in [-0.05, 0) is 28.8 Å². The molecule has 12 heteroatoms. The second-order valence-corrected chi connectivity index (χ2v) is 12.7.